The Hall–Kier alpha value is -1.26. The fourth-order valence-corrected chi connectivity index (χ4v) is 0.943. The van der Waals surface area contributed by atoms with Gasteiger partial charge in [0.25, 0.3) is 0 Å². The number of pyridine rings is 1. The molecule has 0 bridgehead atoms. The van der Waals surface area contributed by atoms with Crippen LogP contribution in [0.15, 0.2) is 18.3 Å². The minimum Gasteiger partial charge on any atom is -0.368 e. The molecule has 0 radical (unpaired) electrons. The van der Waals surface area contributed by atoms with Crippen LogP contribution in [0.25, 0.3) is 0 Å². The molecule has 0 aliphatic rings. The highest BCUT2D eigenvalue weighted by molar-refractivity contribution is 5.36. The summed E-state index contributed by atoms with van der Waals surface area (Å²) in [5.74, 6) is 0.452. The van der Waals surface area contributed by atoms with Crippen molar-refractivity contribution >= 4 is 5.82 Å². The summed E-state index contributed by atoms with van der Waals surface area (Å²) in [6.45, 7) is 3.78. The van der Waals surface area contributed by atoms with E-state index < -0.39 is 11.7 Å². The average Bonchev–Trinajstić information content (AvgIpc) is 2.02. The smallest absolute Gasteiger partial charge is 0.368 e. The molecular weight excluding hydrogens is 193 g/mol. The first-order valence-electron chi connectivity index (χ1n) is 4.19. The van der Waals surface area contributed by atoms with Gasteiger partial charge in [-0.3, -0.25) is 0 Å². The fraction of sp³-hybridized carbons (Fsp3) is 0.444. The van der Waals surface area contributed by atoms with Gasteiger partial charge in [0.05, 0.1) is 5.56 Å². The van der Waals surface area contributed by atoms with Crippen molar-refractivity contribution in [2.24, 2.45) is 0 Å². The summed E-state index contributed by atoms with van der Waals surface area (Å²) in [5, 5.41) is 2.90. The lowest BCUT2D eigenvalue weighted by Gasteiger charge is -2.10. The van der Waals surface area contributed by atoms with E-state index in [0.29, 0.717) is 5.82 Å². The maximum absolute atomic E-state index is 12.1. The van der Waals surface area contributed by atoms with Crippen molar-refractivity contribution in [3.8, 4) is 0 Å². The van der Waals surface area contributed by atoms with Crippen LogP contribution in [-0.2, 0) is 6.18 Å². The van der Waals surface area contributed by atoms with Crippen LogP contribution in [0.4, 0.5) is 19.0 Å². The summed E-state index contributed by atoms with van der Waals surface area (Å²) >= 11 is 0. The quantitative estimate of drug-likeness (QED) is 0.801. The standard InChI is InChI=1S/C9H11F3N2/c1-6(2)14-8-4-3-7(5-13-8)9(10,11)12/h3-6H,1-2H3,(H,13,14). The molecule has 0 atom stereocenters. The Bertz CT molecular complexity index is 290. The van der Waals surface area contributed by atoms with Crippen molar-refractivity contribution in [1.82, 2.24) is 4.98 Å². The number of aromatic nitrogens is 1. The molecule has 0 saturated heterocycles. The van der Waals surface area contributed by atoms with E-state index in [4.69, 9.17) is 0 Å². The van der Waals surface area contributed by atoms with Crippen molar-refractivity contribution in [2.45, 2.75) is 26.1 Å². The van der Waals surface area contributed by atoms with Gasteiger partial charge in [0.15, 0.2) is 0 Å². The maximum Gasteiger partial charge on any atom is 0.417 e. The summed E-state index contributed by atoms with van der Waals surface area (Å²) in [6.07, 6.45) is -3.49. The second-order valence-electron chi connectivity index (χ2n) is 3.23. The zero-order chi connectivity index (χ0) is 10.8. The van der Waals surface area contributed by atoms with Crippen molar-refractivity contribution in [2.75, 3.05) is 5.32 Å². The van der Waals surface area contributed by atoms with E-state index in [0.717, 1.165) is 12.3 Å². The van der Waals surface area contributed by atoms with E-state index in [1.165, 1.54) is 6.07 Å². The monoisotopic (exact) mass is 204 g/mol. The van der Waals surface area contributed by atoms with E-state index in [1.807, 2.05) is 13.8 Å². The van der Waals surface area contributed by atoms with Crippen molar-refractivity contribution in [3.05, 3.63) is 23.9 Å². The number of anilines is 1. The number of halogens is 3. The Morgan fingerprint density at radius 3 is 2.29 bits per heavy atom. The molecule has 78 valence electrons. The van der Waals surface area contributed by atoms with Gasteiger partial charge in [0, 0.05) is 12.2 Å². The highest BCUT2D eigenvalue weighted by Crippen LogP contribution is 2.28. The third kappa shape index (κ3) is 2.90. The van der Waals surface area contributed by atoms with Crippen LogP contribution in [0.3, 0.4) is 0 Å². The van der Waals surface area contributed by atoms with Crippen LogP contribution in [0.5, 0.6) is 0 Å². The zero-order valence-electron chi connectivity index (χ0n) is 7.89. The molecule has 0 aliphatic carbocycles. The van der Waals surface area contributed by atoms with E-state index in [2.05, 4.69) is 10.3 Å². The van der Waals surface area contributed by atoms with Crippen molar-refractivity contribution < 1.29 is 13.2 Å². The van der Waals surface area contributed by atoms with Gasteiger partial charge >= 0.3 is 6.18 Å². The van der Waals surface area contributed by atoms with Crippen LogP contribution in [0.1, 0.15) is 19.4 Å². The molecule has 2 nitrogen and oxygen atoms in total. The molecule has 0 amide bonds. The highest BCUT2D eigenvalue weighted by Gasteiger charge is 2.30. The molecule has 0 saturated carbocycles. The fourth-order valence-electron chi connectivity index (χ4n) is 0.943. The maximum atomic E-state index is 12.1. The summed E-state index contributed by atoms with van der Waals surface area (Å²) in [6, 6.07) is 2.49. The number of rotatable bonds is 2. The Morgan fingerprint density at radius 2 is 1.93 bits per heavy atom. The predicted molar refractivity (Wildman–Crippen MR) is 48.0 cm³/mol. The van der Waals surface area contributed by atoms with E-state index in [-0.39, 0.29) is 6.04 Å². The number of hydrogen-bond donors (Lipinski definition) is 1. The number of nitrogens with one attached hydrogen (secondary N) is 1. The molecule has 5 heteroatoms. The SMILES string of the molecule is CC(C)Nc1ccc(C(F)(F)F)cn1. The van der Waals surface area contributed by atoms with Crippen LogP contribution < -0.4 is 5.32 Å². The Labute approximate surface area is 80.2 Å². The van der Waals surface area contributed by atoms with Gasteiger partial charge in [-0.25, -0.2) is 4.98 Å². The Morgan fingerprint density at radius 1 is 1.29 bits per heavy atom. The molecule has 0 fully saturated rings. The molecular formula is C9H11F3N2. The number of nitrogens with zero attached hydrogens (tertiary/aromatic N) is 1. The highest BCUT2D eigenvalue weighted by atomic mass is 19.4. The molecule has 0 spiro atoms. The van der Waals surface area contributed by atoms with Crippen molar-refractivity contribution in [1.29, 1.82) is 0 Å². The lowest BCUT2D eigenvalue weighted by atomic mass is 10.2. The molecule has 0 aromatic carbocycles. The molecule has 0 unspecified atom stereocenters. The molecule has 1 aromatic heterocycles. The molecule has 1 aromatic rings. The Balaban J connectivity index is 2.79. The first kappa shape index (κ1) is 10.8. The molecule has 1 heterocycles. The Kier molecular flexibility index (Phi) is 2.98. The van der Waals surface area contributed by atoms with Gasteiger partial charge in [-0.1, -0.05) is 0 Å². The van der Waals surface area contributed by atoms with Crippen LogP contribution in [-0.4, -0.2) is 11.0 Å². The lowest BCUT2D eigenvalue weighted by molar-refractivity contribution is -0.137. The van der Waals surface area contributed by atoms with Gasteiger partial charge in [-0.15, -0.1) is 0 Å². The minimum absolute atomic E-state index is 0.152. The number of hydrogen-bond acceptors (Lipinski definition) is 2. The molecule has 14 heavy (non-hydrogen) atoms. The third-order valence-electron chi connectivity index (χ3n) is 1.53. The van der Waals surface area contributed by atoms with Gasteiger partial charge in [-0.05, 0) is 26.0 Å². The second-order valence-corrected chi connectivity index (χ2v) is 3.23. The van der Waals surface area contributed by atoms with Gasteiger partial charge in [-0.2, -0.15) is 13.2 Å². The number of alkyl halides is 3. The summed E-state index contributed by atoms with van der Waals surface area (Å²) < 4.78 is 36.4. The topological polar surface area (TPSA) is 24.9 Å². The molecule has 1 rings (SSSR count). The van der Waals surface area contributed by atoms with Gasteiger partial charge < -0.3 is 5.32 Å². The van der Waals surface area contributed by atoms with Gasteiger partial charge in [0.2, 0.25) is 0 Å². The molecule has 0 aliphatic heterocycles. The van der Waals surface area contributed by atoms with Crippen LogP contribution >= 0.6 is 0 Å². The lowest BCUT2D eigenvalue weighted by Crippen LogP contribution is -2.12. The van der Waals surface area contributed by atoms with Crippen LogP contribution in [0, 0.1) is 0 Å². The normalized spacial score (nSPS) is 11.9. The third-order valence-corrected chi connectivity index (χ3v) is 1.53. The largest absolute Gasteiger partial charge is 0.417 e. The van der Waals surface area contributed by atoms with E-state index >= 15 is 0 Å². The minimum atomic E-state index is -4.32. The zero-order valence-corrected chi connectivity index (χ0v) is 7.89. The van der Waals surface area contributed by atoms with E-state index in [9.17, 15) is 13.2 Å². The van der Waals surface area contributed by atoms with Crippen LogP contribution in [0.2, 0.25) is 0 Å². The summed E-state index contributed by atoms with van der Waals surface area (Å²) in [7, 11) is 0. The van der Waals surface area contributed by atoms with Gasteiger partial charge in [0.1, 0.15) is 5.82 Å². The summed E-state index contributed by atoms with van der Waals surface area (Å²) in [5.41, 5.74) is -0.730. The van der Waals surface area contributed by atoms with Crippen molar-refractivity contribution in [3.63, 3.8) is 0 Å². The first-order chi connectivity index (χ1) is 6.39. The first-order valence-corrected chi connectivity index (χ1v) is 4.19. The van der Waals surface area contributed by atoms with E-state index in [1.54, 1.807) is 0 Å². The molecule has 1 N–H and O–H groups in total. The summed E-state index contributed by atoms with van der Waals surface area (Å²) in [4.78, 5) is 3.65. The predicted octanol–water partition coefficient (Wildman–Crippen LogP) is 2.92. The second kappa shape index (κ2) is 3.86. The average molecular weight is 204 g/mol.